The first-order chi connectivity index (χ1) is 38.0. The maximum absolute atomic E-state index is 6.98. The minimum absolute atomic E-state index is 0. The third-order valence-electron chi connectivity index (χ3n) is 15.0. The normalized spacial score (nSPS) is 13.4. The Morgan fingerprint density at radius 2 is 1.03 bits per heavy atom. The molecule has 7 heteroatoms. The Morgan fingerprint density at radius 3 is 1.61 bits per heavy atom. The SMILES string of the molecule is CC(C)(C)c1ccnc(-n2c3[c-]c(Oc4[c-]c(C5=COC6=C(c7c(-c8ccccc8)cccc7-c7ccccc7)N(c7c(-c8ccccc8)cccc7-c7ccccc7)[CH-]N56)ccc4)ccc3c3cc(C(C)(C)C)ccc32)c1.[Pt]. The Kier molecular flexibility index (Phi) is 13.3. The number of aromatic nitrogens is 2. The number of ether oxygens (including phenoxy) is 2. The van der Waals surface area contributed by atoms with Crippen molar-refractivity contribution >= 4 is 38.9 Å². The maximum atomic E-state index is 6.98. The largest absolute Gasteiger partial charge is 0.503 e. The van der Waals surface area contributed by atoms with Gasteiger partial charge in [-0.1, -0.05) is 223 Å². The number of rotatable bonds is 10. The molecule has 0 spiro atoms. The Morgan fingerprint density at radius 1 is 0.494 bits per heavy atom. The first-order valence-corrected chi connectivity index (χ1v) is 26.7. The third kappa shape index (κ3) is 9.44. The van der Waals surface area contributed by atoms with Crippen molar-refractivity contribution in [1.29, 1.82) is 0 Å². The van der Waals surface area contributed by atoms with Crippen LogP contribution < -0.4 is 9.64 Å². The van der Waals surface area contributed by atoms with Crippen LogP contribution in [0.5, 0.6) is 11.5 Å². The van der Waals surface area contributed by atoms with Gasteiger partial charge in [-0.25, -0.2) is 4.98 Å². The van der Waals surface area contributed by atoms with E-state index in [1.165, 1.54) is 11.1 Å². The zero-order chi connectivity index (χ0) is 53.1. The molecular formula is C72H57N4O2Pt-3. The maximum Gasteiger partial charge on any atom is 0.184 e. The second-order valence-corrected chi connectivity index (χ2v) is 22.1. The van der Waals surface area contributed by atoms with Crippen LogP contribution in [0.15, 0.2) is 237 Å². The molecule has 0 atom stereocenters. The molecule has 2 aromatic heterocycles. The van der Waals surface area contributed by atoms with E-state index >= 15 is 0 Å². The summed E-state index contributed by atoms with van der Waals surface area (Å²) in [6.45, 7) is 15.7. The van der Waals surface area contributed by atoms with Crippen molar-refractivity contribution in [2.45, 2.75) is 52.4 Å². The van der Waals surface area contributed by atoms with Crippen molar-refractivity contribution in [2.24, 2.45) is 0 Å². The van der Waals surface area contributed by atoms with Gasteiger partial charge < -0.3 is 23.8 Å². The van der Waals surface area contributed by atoms with Crippen LogP contribution in [-0.2, 0) is 36.6 Å². The molecule has 0 radical (unpaired) electrons. The quantitative estimate of drug-likeness (QED) is 0.128. The molecule has 0 fully saturated rings. The Balaban J connectivity index is 0.00000623. The molecule has 0 bridgehead atoms. The van der Waals surface area contributed by atoms with Gasteiger partial charge in [-0.3, -0.25) is 0 Å². The minimum Gasteiger partial charge on any atom is -0.503 e. The van der Waals surface area contributed by atoms with E-state index in [9.17, 15) is 0 Å². The number of benzene rings is 9. The fraction of sp³-hybridized carbons (Fsp3) is 0.111. The average molecular weight is 1210 g/mol. The molecule has 79 heavy (non-hydrogen) atoms. The van der Waals surface area contributed by atoms with E-state index in [-0.39, 0.29) is 31.9 Å². The van der Waals surface area contributed by atoms with Crippen LogP contribution in [0.25, 0.3) is 83.5 Å². The number of fused-ring (bicyclic) bond motifs is 4. The van der Waals surface area contributed by atoms with Crippen LogP contribution in [0, 0.1) is 18.8 Å². The first kappa shape index (κ1) is 51.1. The monoisotopic (exact) mass is 1200 g/mol. The molecule has 390 valence electrons. The summed E-state index contributed by atoms with van der Waals surface area (Å²) in [4.78, 5) is 9.47. The first-order valence-electron chi connectivity index (χ1n) is 26.7. The molecule has 4 heterocycles. The number of para-hydroxylation sites is 1. The van der Waals surface area contributed by atoms with Crippen molar-refractivity contribution in [1.82, 2.24) is 14.5 Å². The molecule has 2 aliphatic heterocycles. The van der Waals surface area contributed by atoms with Gasteiger partial charge in [0.25, 0.3) is 0 Å². The number of nitrogens with zero attached hydrogens (tertiary/aromatic N) is 4. The topological polar surface area (TPSA) is 42.8 Å². The molecule has 0 saturated heterocycles. The summed E-state index contributed by atoms with van der Waals surface area (Å²) < 4.78 is 16.0. The molecule has 2 aliphatic rings. The van der Waals surface area contributed by atoms with Crippen LogP contribution in [0.4, 0.5) is 5.69 Å². The smallest absolute Gasteiger partial charge is 0.184 e. The Bertz CT molecular complexity index is 4020. The van der Waals surface area contributed by atoms with E-state index < -0.39 is 0 Å². The fourth-order valence-electron chi connectivity index (χ4n) is 11.0. The van der Waals surface area contributed by atoms with E-state index in [1.807, 2.05) is 30.7 Å². The summed E-state index contributed by atoms with van der Waals surface area (Å²) in [6, 6.07) is 84.5. The predicted octanol–water partition coefficient (Wildman–Crippen LogP) is 18.4. The summed E-state index contributed by atoms with van der Waals surface area (Å²) in [5.41, 5.74) is 17.6. The molecule has 0 unspecified atom stereocenters. The van der Waals surface area contributed by atoms with Gasteiger partial charge in [0, 0.05) is 66.7 Å². The molecular weight excluding hydrogens is 1150 g/mol. The van der Waals surface area contributed by atoms with Gasteiger partial charge in [0.1, 0.15) is 5.82 Å². The standard InChI is InChI=1S/C72H57N4O2.Pt/c1-71(2,3)53-36-39-63-62(43-53)61-38-37-56(45-64(61)76(63)66-44-54(40-41-73-66)72(4,5)6)78-55-31-19-30-52(42-55)65-46-77-70-69(67-57(48-22-11-7-12-23-48)32-20-33-58(67)49-24-13-8-14-25-49)75(47-74(65)70)68-59(50-26-15-9-16-27-50)34-21-35-60(68)51-28-17-10-18-29-51;/h7-41,43-44,46-47H,1-6H3;/q-3;. The molecule has 9 aromatic carbocycles. The van der Waals surface area contributed by atoms with Crippen molar-refractivity contribution in [3.8, 4) is 61.8 Å². The van der Waals surface area contributed by atoms with Crippen LogP contribution in [-0.4, -0.2) is 14.5 Å². The van der Waals surface area contributed by atoms with Crippen molar-refractivity contribution in [3.63, 3.8) is 0 Å². The summed E-state index contributed by atoms with van der Waals surface area (Å²) in [5, 5.41) is 2.23. The van der Waals surface area contributed by atoms with Gasteiger partial charge in [-0.2, -0.15) is 12.7 Å². The number of anilines is 1. The number of hydrogen-bond acceptors (Lipinski definition) is 5. The van der Waals surface area contributed by atoms with Crippen molar-refractivity contribution < 1.29 is 30.5 Å². The Labute approximate surface area is 477 Å². The van der Waals surface area contributed by atoms with E-state index in [0.717, 1.165) is 100 Å². The van der Waals surface area contributed by atoms with Crippen LogP contribution in [0.2, 0.25) is 0 Å². The molecule has 0 amide bonds. The second-order valence-electron chi connectivity index (χ2n) is 22.1. The molecule has 13 rings (SSSR count). The van der Waals surface area contributed by atoms with Crippen LogP contribution in [0.1, 0.15) is 63.8 Å². The van der Waals surface area contributed by atoms with E-state index in [2.05, 4.69) is 275 Å². The van der Waals surface area contributed by atoms with Crippen molar-refractivity contribution in [2.75, 3.05) is 4.90 Å². The third-order valence-corrected chi connectivity index (χ3v) is 15.0. The average Bonchev–Trinajstić information content (AvgIpc) is 4.37. The van der Waals surface area contributed by atoms with Gasteiger partial charge in [-0.05, 0) is 84.6 Å². The van der Waals surface area contributed by atoms with E-state index in [0.29, 0.717) is 17.4 Å². The number of pyridine rings is 1. The zero-order valence-electron chi connectivity index (χ0n) is 44.9. The summed E-state index contributed by atoms with van der Waals surface area (Å²) in [5.74, 6) is 2.63. The minimum atomic E-state index is -0.0623. The van der Waals surface area contributed by atoms with Crippen LogP contribution in [0.3, 0.4) is 0 Å². The van der Waals surface area contributed by atoms with Crippen molar-refractivity contribution in [3.05, 3.63) is 278 Å². The summed E-state index contributed by atoms with van der Waals surface area (Å²) in [7, 11) is 0. The van der Waals surface area contributed by atoms with E-state index in [1.54, 1.807) is 0 Å². The molecule has 0 N–H and O–H groups in total. The fourth-order valence-corrected chi connectivity index (χ4v) is 11.0. The number of hydrogen-bond donors (Lipinski definition) is 0. The van der Waals surface area contributed by atoms with E-state index in [4.69, 9.17) is 14.5 Å². The zero-order valence-corrected chi connectivity index (χ0v) is 47.2. The predicted molar refractivity (Wildman–Crippen MR) is 319 cm³/mol. The molecule has 11 aromatic rings. The second kappa shape index (κ2) is 20.6. The molecule has 0 saturated carbocycles. The molecule has 6 nitrogen and oxygen atoms in total. The molecule has 0 aliphatic carbocycles. The van der Waals surface area contributed by atoms with Gasteiger partial charge in [-0.15, -0.1) is 41.3 Å². The van der Waals surface area contributed by atoms with Gasteiger partial charge in [0.05, 0.1) is 12.0 Å². The summed E-state index contributed by atoms with van der Waals surface area (Å²) >= 11 is 0. The summed E-state index contributed by atoms with van der Waals surface area (Å²) in [6.07, 6.45) is 3.75. The Hall–Kier alpha value is -8.70. The van der Waals surface area contributed by atoms with Gasteiger partial charge >= 0.3 is 0 Å². The van der Waals surface area contributed by atoms with Gasteiger partial charge in [0.2, 0.25) is 0 Å². The van der Waals surface area contributed by atoms with Gasteiger partial charge in [0.15, 0.2) is 5.88 Å². The van der Waals surface area contributed by atoms with Crippen LogP contribution >= 0.6 is 0 Å².